The van der Waals surface area contributed by atoms with Crippen LogP contribution in [0.5, 0.6) is 0 Å². The smallest absolute Gasteiger partial charge is 0.0908 e. The number of rotatable bonds is 1. The van der Waals surface area contributed by atoms with Crippen molar-refractivity contribution < 1.29 is 5.11 Å². The minimum atomic E-state index is -0.679. The maximum Gasteiger partial charge on any atom is 0.0908 e. The van der Waals surface area contributed by atoms with Gasteiger partial charge in [-0.15, -0.1) is 0 Å². The first kappa shape index (κ1) is 11.4. The van der Waals surface area contributed by atoms with E-state index in [1.807, 2.05) is 18.2 Å². The first-order chi connectivity index (χ1) is 7.12. The average molecular weight is 290 g/mol. The van der Waals surface area contributed by atoms with E-state index in [-0.39, 0.29) is 0 Å². The van der Waals surface area contributed by atoms with Crippen LogP contribution in [0.4, 0.5) is 0 Å². The van der Waals surface area contributed by atoms with E-state index in [9.17, 15) is 5.11 Å². The van der Waals surface area contributed by atoms with Crippen molar-refractivity contribution in [2.24, 2.45) is 0 Å². The van der Waals surface area contributed by atoms with E-state index in [1.54, 1.807) is 0 Å². The normalized spacial score (nSPS) is 20.2. The van der Waals surface area contributed by atoms with Crippen LogP contribution in [0.2, 0.25) is 5.02 Å². The molecule has 0 unspecified atom stereocenters. The number of hydrogen-bond donors (Lipinski definition) is 1. The van der Waals surface area contributed by atoms with Crippen LogP contribution in [0.25, 0.3) is 0 Å². The van der Waals surface area contributed by atoms with Gasteiger partial charge in [0.15, 0.2) is 0 Å². The van der Waals surface area contributed by atoms with Gasteiger partial charge in [-0.3, -0.25) is 0 Å². The molecule has 1 nitrogen and oxygen atoms in total. The van der Waals surface area contributed by atoms with E-state index in [1.165, 1.54) is 6.42 Å². The zero-order valence-electron chi connectivity index (χ0n) is 8.47. The maximum absolute atomic E-state index is 10.6. The lowest BCUT2D eigenvalue weighted by Gasteiger charge is -2.33. The highest BCUT2D eigenvalue weighted by Gasteiger charge is 2.32. The van der Waals surface area contributed by atoms with Gasteiger partial charge in [-0.05, 0) is 36.6 Å². The van der Waals surface area contributed by atoms with Crippen molar-refractivity contribution in [1.82, 2.24) is 0 Å². The molecule has 0 saturated heterocycles. The molecule has 3 heteroatoms. The summed E-state index contributed by atoms with van der Waals surface area (Å²) >= 11 is 9.45. The predicted molar refractivity (Wildman–Crippen MR) is 66.1 cm³/mol. The van der Waals surface area contributed by atoms with Crippen molar-refractivity contribution in [3.8, 4) is 0 Å². The van der Waals surface area contributed by atoms with E-state index in [0.29, 0.717) is 5.02 Å². The molecule has 1 aromatic carbocycles. The van der Waals surface area contributed by atoms with Gasteiger partial charge in [-0.2, -0.15) is 0 Å². The minimum absolute atomic E-state index is 0.679. The Balaban J connectivity index is 2.38. The fourth-order valence-electron chi connectivity index (χ4n) is 2.26. The largest absolute Gasteiger partial charge is 0.385 e. The van der Waals surface area contributed by atoms with Crippen molar-refractivity contribution in [2.75, 3.05) is 0 Å². The lowest BCUT2D eigenvalue weighted by molar-refractivity contribution is -0.00127. The molecule has 82 valence electrons. The summed E-state index contributed by atoms with van der Waals surface area (Å²) < 4.78 is 0.955. The van der Waals surface area contributed by atoms with E-state index in [2.05, 4.69) is 15.9 Å². The molecule has 0 aromatic heterocycles. The van der Waals surface area contributed by atoms with Gasteiger partial charge < -0.3 is 5.11 Å². The van der Waals surface area contributed by atoms with Gasteiger partial charge in [0, 0.05) is 9.50 Å². The molecule has 0 radical (unpaired) electrons. The van der Waals surface area contributed by atoms with Crippen LogP contribution in [0.3, 0.4) is 0 Å². The molecule has 1 fully saturated rings. The second-order valence-corrected chi connectivity index (χ2v) is 5.51. The molecule has 0 bridgehead atoms. The van der Waals surface area contributed by atoms with Crippen molar-refractivity contribution in [3.05, 3.63) is 33.3 Å². The number of benzene rings is 1. The molecular weight excluding hydrogens is 275 g/mol. The maximum atomic E-state index is 10.6. The highest BCUT2D eigenvalue weighted by atomic mass is 79.9. The fraction of sp³-hybridized carbons (Fsp3) is 0.500. The molecule has 0 aliphatic heterocycles. The van der Waals surface area contributed by atoms with Gasteiger partial charge in [0.05, 0.1) is 5.60 Å². The lowest BCUT2D eigenvalue weighted by atomic mass is 9.80. The summed E-state index contributed by atoms with van der Waals surface area (Å²) in [5.41, 5.74) is 0.261. The van der Waals surface area contributed by atoms with Crippen LogP contribution in [-0.2, 0) is 5.60 Å². The zero-order chi connectivity index (χ0) is 10.9. The summed E-state index contributed by atoms with van der Waals surface area (Å²) in [7, 11) is 0. The molecular formula is C12H14BrClO. The van der Waals surface area contributed by atoms with Crippen molar-refractivity contribution in [3.63, 3.8) is 0 Å². The molecule has 0 spiro atoms. The van der Waals surface area contributed by atoms with E-state index < -0.39 is 5.60 Å². The van der Waals surface area contributed by atoms with Gasteiger partial charge >= 0.3 is 0 Å². The van der Waals surface area contributed by atoms with Crippen LogP contribution < -0.4 is 0 Å². The molecule has 1 N–H and O–H groups in total. The van der Waals surface area contributed by atoms with Crippen molar-refractivity contribution >= 4 is 27.5 Å². The minimum Gasteiger partial charge on any atom is -0.385 e. The van der Waals surface area contributed by atoms with Crippen LogP contribution in [0.1, 0.15) is 37.7 Å². The van der Waals surface area contributed by atoms with Gasteiger partial charge in [0.1, 0.15) is 0 Å². The number of aliphatic hydroxyl groups is 1. The first-order valence-corrected chi connectivity index (χ1v) is 6.47. The molecule has 1 aliphatic carbocycles. The Morgan fingerprint density at radius 1 is 1.20 bits per heavy atom. The zero-order valence-corrected chi connectivity index (χ0v) is 10.8. The number of halogens is 2. The standard InChI is InChI=1S/C12H14BrClO/c13-11-5-4-9(14)8-10(11)12(15)6-2-1-3-7-12/h4-5,8,15H,1-3,6-7H2. The van der Waals surface area contributed by atoms with Gasteiger partial charge in [0.25, 0.3) is 0 Å². The van der Waals surface area contributed by atoms with E-state index >= 15 is 0 Å². The summed E-state index contributed by atoms with van der Waals surface area (Å²) in [5.74, 6) is 0. The Morgan fingerprint density at radius 2 is 1.87 bits per heavy atom. The van der Waals surface area contributed by atoms with Gasteiger partial charge in [-0.1, -0.05) is 46.8 Å². The molecule has 1 aromatic rings. The van der Waals surface area contributed by atoms with Crippen LogP contribution in [0.15, 0.2) is 22.7 Å². The van der Waals surface area contributed by atoms with Gasteiger partial charge in [-0.25, -0.2) is 0 Å². The Hall–Kier alpha value is -0.0500. The fourth-order valence-corrected chi connectivity index (χ4v) is 3.05. The molecule has 0 heterocycles. The Labute approximate surface area is 104 Å². The summed E-state index contributed by atoms with van der Waals surface area (Å²) in [5, 5.41) is 11.2. The number of hydrogen-bond acceptors (Lipinski definition) is 1. The van der Waals surface area contributed by atoms with E-state index in [4.69, 9.17) is 11.6 Å². The molecule has 2 rings (SSSR count). The highest BCUT2D eigenvalue weighted by molar-refractivity contribution is 9.10. The molecule has 15 heavy (non-hydrogen) atoms. The quantitative estimate of drug-likeness (QED) is 0.819. The molecule has 0 amide bonds. The van der Waals surface area contributed by atoms with Crippen LogP contribution >= 0.6 is 27.5 Å². The Kier molecular flexibility index (Phi) is 3.39. The molecule has 1 aliphatic rings. The second kappa shape index (κ2) is 4.44. The summed E-state index contributed by atoms with van der Waals surface area (Å²) in [4.78, 5) is 0. The van der Waals surface area contributed by atoms with Crippen LogP contribution in [0, 0.1) is 0 Å². The Morgan fingerprint density at radius 3 is 2.53 bits per heavy atom. The average Bonchev–Trinajstić information content (AvgIpc) is 2.23. The topological polar surface area (TPSA) is 20.2 Å². The van der Waals surface area contributed by atoms with Crippen molar-refractivity contribution in [1.29, 1.82) is 0 Å². The van der Waals surface area contributed by atoms with Crippen LogP contribution in [-0.4, -0.2) is 5.11 Å². The summed E-state index contributed by atoms with van der Waals surface area (Å²) in [6, 6.07) is 5.61. The monoisotopic (exact) mass is 288 g/mol. The predicted octanol–water partition coefficient (Wildman–Crippen LogP) is 4.25. The second-order valence-electron chi connectivity index (χ2n) is 4.22. The lowest BCUT2D eigenvalue weighted by Crippen LogP contribution is -2.28. The van der Waals surface area contributed by atoms with E-state index in [0.717, 1.165) is 35.7 Å². The Bertz CT molecular complexity index is 359. The third kappa shape index (κ3) is 2.38. The molecule has 0 atom stereocenters. The van der Waals surface area contributed by atoms with Crippen molar-refractivity contribution in [2.45, 2.75) is 37.7 Å². The third-order valence-corrected chi connectivity index (χ3v) is 4.04. The summed E-state index contributed by atoms with van der Waals surface area (Å²) in [6.07, 6.45) is 5.09. The molecule has 1 saturated carbocycles. The van der Waals surface area contributed by atoms with Gasteiger partial charge in [0.2, 0.25) is 0 Å². The SMILES string of the molecule is OC1(c2cc(Cl)ccc2Br)CCCCC1. The first-order valence-electron chi connectivity index (χ1n) is 5.30. The summed E-state index contributed by atoms with van der Waals surface area (Å²) in [6.45, 7) is 0. The highest BCUT2D eigenvalue weighted by Crippen LogP contribution is 2.40. The third-order valence-electron chi connectivity index (χ3n) is 3.11.